The molecule has 1 aromatic carbocycles. The molecule has 3 unspecified atom stereocenters. The van der Waals surface area contributed by atoms with Gasteiger partial charge in [0.15, 0.2) is 0 Å². The molecule has 4 aliphatic rings. The lowest BCUT2D eigenvalue weighted by molar-refractivity contribution is -0.540. The first-order chi connectivity index (χ1) is 14.9. The predicted octanol–water partition coefficient (Wildman–Crippen LogP) is 7.74. The summed E-state index contributed by atoms with van der Waals surface area (Å²) >= 11 is 0. The number of nitrogens with zero attached hydrogens (tertiary/aromatic N) is 1. The number of halogens is 1. The highest BCUT2D eigenvalue weighted by atomic mass is 35.5. The van der Waals surface area contributed by atoms with Crippen LogP contribution in [0.15, 0.2) is 30.3 Å². The third-order valence-electron chi connectivity index (χ3n) is 10.9. The van der Waals surface area contributed by atoms with Gasteiger partial charge in [0, 0.05) is 16.8 Å². The Bertz CT molecular complexity index is 800. The maximum Gasteiger partial charge on any atom is 0.218 e. The molecule has 0 radical (unpaired) electrons. The summed E-state index contributed by atoms with van der Waals surface area (Å²) in [5, 5.41) is 11.7. The molecule has 0 amide bonds. The molecule has 5 rings (SSSR count). The van der Waals surface area contributed by atoms with Crippen molar-refractivity contribution in [3.8, 4) is 0 Å². The van der Waals surface area contributed by atoms with E-state index in [1.165, 1.54) is 63.4 Å². The SMILES string of the molecule is C[C@]12CCC(CCCc3ccccc3)CC1CC[C@@H]1[C@H]2CC[C@]2(C)C([N+](=O)[O-])CC[C@@H]12.Cl. The lowest BCUT2D eigenvalue weighted by Gasteiger charge is -2.60. The molecule has 0 saturated heterocycles. The molecule has 3 nitrogen and oxygen atoms in total. The lowest BCUT2D eigenvalue weighted by atomic mass is 9.44. The Labute approximate surface area is 200 Å². The van der Waals surface area contributed by atoms with Gasteiger partial charge in [-0.05, 0) is 105 Å². The van der Waals surface area contributed by atoms with Gasteiger partial charge < -0.3 is 0 Å². The summed E-state index contributed by atoms with van der Waals surface area (Å²) in [5.74, 6) is 3.97. The highest BCUT2D eigenvalue weighted by Crippen LogP contribution is 2.67. The zero-order chi connectivity index (χ0) is 21.6. The molecule has 0 heterocycles. The van der Waals surface area contributed by atoms with Crippen molar-refractivity contribution in [3.63, 3.8) is 0 Å². The smallest absolute Gasteiger partial charge is 0.218 e. The first kappa shape index (κ1) is 24.0. The first-order valence-electron chi connectivity index (χ1n) is 13.1. The first-order valence-corrected chi connectivity index (χ1v) is 13.1. The van der Waals surface area contributed by atoms with E-state index in [9.17, 15) is 10.1 Å². The highest BCUT2D eigenvalue weighted by Gasteiger charge is 2.63. The van der Waals surface area contributed by atoms with Gasteiger partial charge in [-0.15, -0.1) is 12.4 Å². The second kappa shape index (κ2) is 9.28. The van der Waals surface area contributed by atoms with Crippen LogP contribution in [0.3, 0.4) is 0 Å². The van der Waals surface area contributed by atoms with Crippen molar-refractivity contribution in [1.29, 1.82) is 0 Å². The van der Waals surface area contributed by atoms with Gasteiger partial charge in [0.05, 0.1) is 0 Å². The van der Waals surface area contributed by atoms with Crippen molar-refractivity contribution in [3.05, 3.63) is 46.0 Å². The van der Waals surface area contributed by atoms with Gasteiger partial charge in [-0.3, -0.25) is 10.1 Å². The van der Waals surface area contributed by atoms with Crippen LogP contribution in [-0.4, -0.2) is 11.0 Å². The van der Waals surface area contributed by atoms with E-state index in [-0.39, 0.29) is 28.8 Å². The van der Waals surface area contributed by atoms with Gasteiger partial charge in [0.1, 0.15) is 0 Å². The molecule has 178 valence electrons. The van der Waals surface area contributed by atoms with E-state index in [1.54, 1.807) is 0 Å². The van der Waals surface area contributed by atoms with E-state index in [0.29, 0.717) is 11.3 Å². The molecular formula is C28H42ClNO2. The van der Waals surface area contributed by atoms with Crippen LogP contribution in [0.5, 0.6) is 0 Å². The Morgan fingerprint density at radius 2 is 1.66 bits per heavy atom. The van der Waals surface area contributed by atoms with Gasteiger partial charge in [-0.2, -0.15) is 0 Å². The molecule has 4 saturated carbocycles. The summed E-state index contributed by atoms with van der Waals surface area (Å²) in [5.41, 5.74) is 1.94. The summed E-state index contributed by atoms with van der Waals surface area (Å²) in [4.78, 5) is 11.8. The van der Waals surface area contributed by atoms with Crippen molar-refractivity contribution in [1.82, 2.24) is 0 Å². The van der Waals surface area contributed by atoms with Gasteiger partial charge in [0.25, 0.3) is 0 Å². The molecule has 1 aromatic rings. The largest absolute Gasteiger partial charge is 0.264 e. The van der Waals surface area contributed by atoms with Crippen LogP contribution in [-0.2, 0) is 6.42 Å². The number of aryl methyl sites for hydroxylation is 1. The quantitative estimate of drug-likeness (QED) is 0.333. The fraction of sp³-hybridized carbons (Fsp3) is 0.786. The number of nitro groups is 1. The zero-order valence-electron chi connectivity index (χ0n) is 20.0. The van der Waals surface area contributed by atoms with Crippen LogP contribution in [0.2, 0.25) is 0 Å². The van der Waals surface area contributed by atoms with Crippen molar-refractivity contribution >= 4 is 12.4 Å². The minimum Gasteiger partial charge on any atom is -0.264 e. The minimum absolute atomic E-state index is 0. The molecule has 32 heavy (non-hydrogen) atoms. The third-order valence-corrected chi connectivity index (χ3v) is 10.9. The van der Waals surface area contributed by atoms with Gasteiger partial charge in [-0.25, -0.2) is 0 Å². The van der Waals surface area contributed by atoms with E-state index < -0.39 is 0 Å². The molecule has 0 spiro atoms. The Hall–Kier alpha value is -1.09. The van der Waals surface area contributed by atoms with Crippen LogP contribution in [0.4, 0.5) is 0 Å². The Morgan fingerprint density at radius 1 is 0.938 bits per heavy atom. The average Bonchev–Trinajstić information content (AvgIpc) is 3.12. The van der Waals surface area contributed by atoms with Crippen molar-refractivity contribution < 1.29 is 4.92 Å². The Morgan fingerprint density at radius 3 is 2.41 bits per heavy atom. The third kappa shape index (κ3) is 4.01. The van der Waals surface area contributed by atoms with Gasteiger partial charge in [0.2, 0.25) is 6.04 Å². The molecule has 0 N–H and O–H groups in total. The summed E-state index contributed by atoms with van der Waals surface area (Å²) in [6, 6.07) is 10.7. The van der Waals surface area contributed by atoms with E-state index in [0.717, 1.165) is 42.9 Å². The van der Waals surface area contributed by atoms with Gasteiger partial charge >= 0.3 is 0 Å². The number of hydrogen-bond acceptors (Lipinski definition) is 2. The number of benzene rings is 1. The number of hydrogen-bond donors (Lipinski definition) is 0. The number of fused-ring (bicyclic) bond motifs is 5. The molecule has 4 fully saturated rings. The van der Waals surface area contributed by atoms with E-state index in [4.69, 9.17) is 0 Å². The summed E-state index contributed by atoms with van der Waals surface area (Å²) in [7, 11) is 0. The standard InChI is InChI=1S/C28H41NO2.ClH/c1-27-17-15-21(10-6-9-20-7-4-3-5-8-20)19-22(27)11-12-23-24-13-14-26(29(30)31)28(24,2)18-16-25(23)27;/h3-5,7-8,21-26H,6,9-19H2,1-2H3;1H/t21?,22?,23-,24-,25+,26?,27-,28-;/m0./s1. The maximum atomic E-state index is 11.7. The molecular weight excluding hydrogens is 418 g/mol. The lowest BCUT2D eigenvalue weighted by Crippen LogP contribution is -2.54. The average molecular weight is 460 g/mol. The van der Waals surface area contributed by atoms with Crippen LogP contribution in [0, 0.1) is 50.5 Å². The molecule has 4 heteroatoms. The zero-order valence-corrected chi connectivity index (χ0v) is 20.8. The predicted molar refractivity (Wildman–Crippen MR) is 133 cm³/mol. The van der Waals surface area contributed by atoms with E-state index in [2.05, 4.69) is 44.2 Å². The van der Waals surface area contributed by atoms with E-state index >= 15 is 0 Å². The van der Waals surface area contributed by atoms with Crippen LogP contribution in [0.1, 0.15) is 90.0 Å². The van der Waals surface area contributed by atoms with Crippen molar-refractivity contribution in [2.24, 2.45) is 40.4 Å². The Kier molecular flexibility index (Phi) is 6.97. The van der Waals surface area contributed by atoms with Gasteiger partial charge in [-0.1, -0.05) is 50.6 Å². The molecule has 0 aromatic heterocycles. The molecule has 4 aliphatic carbocycles. The fourth-order valence-corrected chi connectivity index (χ4v) is 9.17. The summed E-state index contributed by atoms with van der Waals surface area (Å²) < 4.78 is 0. The highest BCUT2D eigenvalue weighted by molar-refractivity contribution is 5.85. The maximum absolute atomic E-state index is 11.7. The summed E-state index contributed by atoms with van der Waals surface area (Å²) in [6.45, 7) is 4.89. The molecule has 0 aliphatic heterocycles. The van der Waals surface area contributed by atoms with Crippen LogP contribution < -0.4 is 0 Å². The van der Waals surface area contributed by atoms with E-state index in [1.807, 2.05) is 0 Å². The van der Waals surface area contributed by atoms with Crippen LogP contribution in [0.25, 0.3) is 0 Å². The molecule has 0 bridgehead atoms. The topological polar surface area (TPSA) is 43.1 Å². The Balaban J connectivity index is 0.00000245. The van der Waals surface area contributed by atoms with Crippen molar-refractivity contribution in [2.45, 2.75) is 96.9 Å². The van der Waals surface area contributed by atoms with Crippen LogP contribution >= 0.6 is 12.4 Å². The monoisotopic (exact) mass is 459 g/mol. The minimum atomic E-state index is -0.288. The fourth-order valence-electron chi connectivity index (χ4n) is 9.17. The number of rotatable bonds is 5. The summed E-state index contributed by atoms with van der Waals surface area (Å²) in [6.07, 6.45) is 15.2. The van der Waals surface area contributed by atoms with Crippen molar-refractivity contribution in [2.75, 3.05) is 0 Å². The second-order valence-electron chi connectivity index (χ2n) is 12.1. The normalized spacial score (nSPS) is 42.8. The second-order valence-corrected chi connectivity index (χ2v) is 12.1. The molecule has 8 atom stereocenters.